The van der Waals surface area contributed by atoms with Gasteiger partial charge >= 0.3 is 0 Å². The average molecular weight is 281 g/mol. The van der Waals surface area contributed by atoms with Crippen LogP contribution in [0.1, 0.15) is 36.2 Å². The summed E-state index contributed by atoms with van der Waals surface area (Å²) >= 11 is 0. The lowest BCUT2D eigenvalue weighted by Crippen LogP contribution is -2.41. The van der Waals surface area contributed by atoms with Gasteiger partial charge in [0.15, 0.2) is 5.78 Å². The number of morpholine rings is 1. The van der Waals surface area contributed by atoms with E-state index in [1.807, 2.05) is 0 Å². The molecule has 0 saturated carbocycles. The highest BCUT2D eigenvalue weighted by Crippen LogP contribution is 2.26. The average Bonchev–Trinajstić information content (AvgIpc) is 2.42. The van der Waals surface area contributed by atoms with Crippen LogP contribution in [0.3, 0.4) is 0 Å². The van der Waals surface area contributed by atoms with Crippen LogP contribution < -0.4 is 0 Å². The van der Waals surface area contributed by atoms with E-state index in [0.717, 1.165) is 25.6 Å². The van der Waals surface area contributed by atoms with Gasteiger partial charge in [-0.2, -0.15) is 0 Å². The Morgan fingerprint density at radius 1 is 1.55 bits per heavy atom. The number of carbonyl (C=O) groups excluding carboxylic acids is 1. The zero-order valence-corrected chi connectivity index (χ0v) is 11.9. The topological polar surface area (TPSA) is 49.8 Å². The van der Waals surface area contributed by atoms with Crippen molar-refractivity contribution in [1.82, 2.24) is 4.90 Å². The van der Waals surface area contributed by atoms with Crippen molar-refractivity contribution in [3.63, 3.8) is 0 Å². The summed E-state index contributed by atoms with van der Waals surface area (Å²) in [6.45, 7) is 5.92. The second kappa shape index (κ2) is 6.33. The molecule has 1 saturated heterocycles. The Balaban J connectivity index is 2.18. The van der Waals surface area contributed by atoms with E-state index in [2.05, 4.69) is 11.8 Å². The van der Waals surface area contributed by atoms with Crippen molar-refractivity contribution >= 4 is 5.78 Å². The van der Waals surface area contributed by atoms with E-state index in [-0.39, 0.29) is 23.2 Å². The second-order valence-corrected chi connectivity index (χ2v) is 5.15. The molecule has 110 valence electrons. The molecule has 1 aromatic rings. The Kier molecular flexibility index (Phi) is 4.73. The van der Waals surface area contributed by atoms with Crippen LogP contribution in [-0.4, -0.2) is 41.6 Å². The number of phenolic OH excluding ortho intramolecular Hbond substituents is 1. The van der Waals surface area contributed by atoms with E-state index in [4.69, 9.17) is 4.74 Å². The minimum Gasteiger partial charge on any atom is -0.507 e. The second-order valence-electron chi connectivity index (χ2n) is 5.15. The number of hydrogen-bond donors (Lipinski definition) is 1. The van der Waals surface area contributed by atoms with Crippen LogP contribution >= 0.6 is 0 Å². The van der Waals surface area contributed by atoms with Crippen molar-refractivity contribution < 1.29 is 19.0 Å². The van der Waals surface area contributed by atoms with Crippen molar-refractivity contribution in [2.75, 3.05) is 19.7 Å². The molecule has 1 aromatic carbocycles. The van der Waals surface area contributed by atoms with Gasteiger partial charge in [-0.05, 0) is 25.5 Å². The lowest BCUT2D eigenvalue weighted by molar-refractivity contribution is -0.0326. The summed E-state index contributed by atoms with van der Waals surface area (Å²) < 4.78 is 19.1. The number of ether oxygens (including phenoxy) is 1. The summed E-state index contributed by atoms with van der Waals surface area (Å²) in [6.07, 6.45) is 1.09. The minimum atomic E-state index is -0.497. The molecule has 1 unspecified atom stereocenters. The first kappa shape index (κ1) is 14.9. The molecule has 1 heterocycles. The van der Waals surface area contributed by atoms with Gasteiger partial charge in [0.2, 0.25) is 0 Å². The number of halogens is 1. The molecule has 4 nitrogen and oxygen atoms in total. The third-order valence-electron chi connectivity index (χ3n) is 3.61. The SMILES string of the molecule is CCC1CN(Cc2cc(F)cc(C(C)=O)c2O)CCO1. The monoisotopic (exact) mass is 281 g/mol. The number of phenols is 1. The lowest BCUT2D eigenvalue weighted by Gasteiger charge is -2.32. The van der Waals surface area contributed by atoms with Crippen molar-refractivity contribution in [1.29, 1.82) is 0 Å². The number of hydrogen-bond acceptors (Lipinski definition) is 4. The number of Topliss-reactive ketones (excluding diaryl/α,β-unsaturated/α-hetero) is 1. The number of nitrogens with zero attached hydrogens (tertiary/aromatic N) is 1. The zero-order chi connectivity index (χ0) is 14.7. The van der Waals surface area contributed by atoms with Gasteiger partial charge < -0.3 is 9.84 Å². The summed E-state index contributed by atoms with van der Waals surface area (Å²) in [5.74, 6) is -0.946. The number of carbonyl (C=O) groups is 1. The number of ketones is 1. The van der Waals surface area contributed by atoms with Gasteiger partial charge in [-0.3, -0.25) is 9.69 Å². The highest BCUT2D eigenvalue weighted by molar-refractivity contribution is 5.97. The first-order valence-electron chi connectivity index (χ1n) is 6.87. The molecule has 20 heavy (non-hydrogen) atoms. The Bertz CT molecular complexity index is 504. The highest BCUT2D eigenvalue weighted by atomic mass is 19.1. The molecule has 0 spiro atoms. The summed E-state index contributed by atoms with van der Waals surface area (Å²) in [7, 11) is 0. The van der Waals surface area contributed by atoms with Gasteiger partial charge in [0.05, 0.1) is 18.3 Å². The summed E-state index contributed by atoms with van der Waals surface area (Å²) in [4.78, 5) is 13.5. The quantitative estimate of drug-likeness (QED) is 0.861. The molecule has 1 aliphatic rings. The van der Waals surface area contributed by atoms with E-state index in [0.29, 0.717) is 18.7 Å². The molecule has 0 radical (unpaired) electrons. The molecule has 0 aliphatic carbocycles. The van der Waals surface area contributed by atoms with Gasteiger partial charge in [0.25, 0.3) is 0 Å². The molecular formula is C15H20FNO3. The zero-order valence-electron chi connectivity index (χ0n) is 11.9. The number of benzene rings is 1. The lowest BCUT2D eigenvalue weighted by atomic mass is 10.0. The summed E-state index contributed by atoms with van der Waals surface area (Å²) in [5.41, 5.74) is 0.493. The highest BCUT2D eigenvalue weighted by Gasteiger charge is 2.21. The van der Waals surface area contributed by atoms with Crippen molar-refractivity contribution in [2.45, 2.75) is 32.9 Å². The Hall–Kier alpha value is -1.46. The van der Waals surface area contributed by atoms with E-state index in [9.17, 15) is 14.3 Å². The molecule has 0 bridgehead atoms. The van der Waals surface area contributed by atoms with Crippen molar-refractivity contribution in [2.24, 2.45) is 0 Å². The first-order chi connectivity index (χ1) is 9.51. The molecular weight excluding hydrogens is 261 g/mol. The molecule has 1 aliphatic heterocycles. The predicted molar refractivity (Wildman–Crippen MR) is 73.4 cm³/mol. The van der Waals surface area contributed by atoms with Gasteiger partial charge in [-0.15, -0.1) is 0 Å². The molecule has 5 heteroatoms. The van der Waals surface area contributed by atoms with Gasteiger partial charge in [-0.1, -0.05) is 6.92 Å². The summed E-state index contributed by atoms with van der Waals surface area (Å²) in [5, 5.41) is 10.1. The van der Waals surface area contributed by atoms with Crippen molar-refractivity contribution in [3.05, 3.63) is 29.1 Å². The number of aromatic hydroxyl groups is 1. The van der Waals surface area contributed by atoms with Crippen molar-refractivity contribution in [3.8, 4) is 5.75 Å². The van der Waals surface area contributed by atoms with Crippen LogP contribution in [0, 0.1) is 5.82 Å². The van der Waals surface area contributed by atoms with Crippen LogP contribution in [0.4, 0.5) is 4.39 Å². The molecule has 1 N–H and O–H groups in total. The fraction of sp³-hybridized carbons (Fsp3) is 0.533. The largest absolute Gasteiger partial charge is 0.507 e. The van der Waals surface area contributed by atoms with Crippen LogP contribution in [0.15, 0.2) is 12.1 Å². The smallest absolute Gasteiger partial charge is 0.163 e. The third kappa shape index (κ3) is 3.35. The number of rotatable bonds is 4. The van der Waals surface area contributed by atoms with E-state index in [1.165, 1.54) is 13.0 Å². The van der Waals surface area contributed by atoms with E-state index < -0.39 is 5.82 Å². The molecule has 0 amide bonds. The van der Waals surface area contributed by atoms with Crippen LogP contribution in [-0.2, 0) is 11.3 Å². The van der Waals surface area contributed by atoms with Crippen LogP contribution in [0.25, 0.3) is 0 Å². The maximum Gasteiger partial charge on any atom is 0.163 e. The minimum absolute atomic E-state index is 0.0419. The Labute approximate surface area is 118 Å². The molecule has 1 atom stereocenters. The van der Waals surface area contributed by atoms with E-state index in [1.54, 1.807) is 0 Å². The fourth-order valence-electron chi connectivity index (χ4n) is 2.46. The maximum absolute atomic E-state index is 13.6. The molecule has 0 aromatic heterocycles. The fourth-order valence-corrected chi connectivity index (χ4v) is 2.46. The Morgan fingerprint density at radius 2 is 2.30 bits per heavy atom. The van der Waals surface area contributed by atoms with Crippen LogP contribution in [0.2, 0.25) is 0 Å². The normalized spacial score (nSPS) is 20.1. The summed E-state index contributed by atoms with van der Waals surface area (Å²) in [6, 6.07) is 2.37. The third-order valence-corrected chi connectivity index (χ3v) is 3.61. The standard InChI is InChI=1S/C15H20FNO3/c1-3-13-9-17(4-5-20-13)8-11-6-12(16)7-14(10(2)18)15(11)19/h6-7,13,19H,3-5,8-9H2,1-2H3. The molecule has 1 fully saturated rings. The van der Waals surface area contributed by atoms with Gasteiger partial charge in [0, 0.05) is 25.2 Å². The Morgan fingerprint density at radius 3 is 2.95 bits per heavy atom. The predicted octanol–water partition coefficient (Wildman–Crippen LogP) is 2.34. The van der Waals surface area contributed by atoms with E-state index >= 15 is 0 Å². The maximum atomic E-state index is 13.6. The van der Waals surface area contributed by atoms with Gasteiger partial charge in [-0.25, -0.2) is 4.39 Å². The van der Waals surface area contributed by atoms with Gasteiger partial charge in [0.1, 0.15) is 11.6 Å². The molecule has 2 rings (SSSR count). The first-order valence-corrected chi connectivity index (χ1v) is 6.87. The van der Waals surface area contributed by atoms with Crippen LogP contribution in [0.5, 0.6) is 5.75 Å².